The van der Waals surface area contributed by atoms with Gasteiger partial charge in [0.15, 0.2) is 5.96 Å². The van der Waals surface area contributed by atoms with Crippen LogP contribution in [0.25, 0.3) is 10.9 Å². The summed E-state index contributed by atoms with van der Waals surface area (Å²) < 4.78 is 0. The summed E-state index contributed by atoms with van der Waals surface area (Å²) in [5.41, 5.74) is 7.03. The summed E-state index contributed by atoms with van der Waals surface area (Å²) in [6.45, 7) is 0. The van der Waals surface area contributed by atoms with Crippen molar-refractivity contribution in [3.63, 3.8) is 0 Å². The number of hydrogen-bond acceptors (Lipinski definition) is 5. The molecular weight excluding hydrogens is 306 g/mol. The predicted molar refractivity (Wildman–Crippen MR) is 93.3 cm³/mol. The van der Waals surface area contributed by atoms with Crippen molar-refractivity contribution in [3.8, 4) is 11.5 Å². The fourth-order valence-electron chi connectivity index (χ4n) is 2.36. The minimum absolute atomic E-state index is 0.0734. The Hall–Kier alpha value is -3.35. The number of aromatic nitrogens is 2. The van der Waals surface area contributed by atoms with Gasteiger partial charge in [-0.3, -0.25) is 4.99 Å². The van der Waals surface area contributed by atoms with Crippen LogP contribution >= 0.6 is 0 Å². The van der Waals surface area contributed by atoms with Gasteiger partial charge in [-0.05, 0) is 30.3 Å². The number of benzene rings is 2. The molecule has 0 fully saturated rings. The zero-order valence-electron chi connectivity index (χ0n) is 13.1. The fraction of sp³-hybridized carbons (Fsp3) is 0.118. The fourth-order valence-corrected chi connectivity index (χ4v) is 2.36. The van der Waals surface area contributed by atoms with Gasteiger partial charge in [-0.25, -0.2) is 9.97 Å². The van der Waals surface area contributed by atoms with Crippen LogP contribution in [0.2, 0.25) is 0 Å². The first-order valence-electron chi connectivity index (χ1n) is 7.32. The number of aromatic hydroxyl groups is 2. The van der Waals surface area contributed by atoms with Crippen LogP contribution in [0.5, 0.6) is 11.5 Å². The largest absolute Gasteiger partial charge is 0.508 e. The van der Waals surface area contributed by atoms with Gasteiger partial charge in [0.1, 0.15) is 23.1 Å². The van der Waals surface area contributed by atoms with Crippen LogP contribution in [-0.4, -0.2) is 33.2 Å². The third-order valence-corrected chi connectivity index (χ3v) is 3.55. The Morgan fingerprint density at radius 3 is 2.75 bits per heavy atom. The van der Waals surface area contributed by atoms with E-state index < -0.39 is 0 Å². The number of nitrogens with one attached hydrogen (secondary N) is 1. The van der Waals surface area contributed by atoms with Crippen molar-refractivity contribution in [1.29, 1.82) is 0 Å². The second kappa shape index (κ2) is 6.41. The van der Waals surface area contributed by atoms with Gasteiger partial charge in [0, 0.05) is 24.4 Å². The quantitative estimate of drug-likeness (QED) is 0.333. The van der Waals surface area contributed by atoms with Crippen molar-refractivity contribution < 1.29 is 10.2 Å². The van der Waals surface area contributed by atoms with Crippen LogP contribution < -0.4 is 11.1 Å². The molecule has 0 radical (unpaired) electrons. The first kappa shape index (κ1) is 15.5. The van der Waals surface area contributed by atoms with E-state index in [0.29, 0.717) is 17.2 Å². The smallest absolute Gasteiger partial charge is 0.194 e. The van der Waals surface area contributed by atoms with Gasteiger partial charge in [0.05, 0.1) is 5.52 Å². The average Bonchev–Trinajstić information content (AvgIpc) is 2.58. The van der Waals surface area contributed by atoms with Crippen molar-refractivity contribution in [2.75, 3.05) is 12.4 Å². The third-order valence-electron chi connectivity index (χ3n) is 3.55. The second-order valence-electron chi connectivity index (χ2n) is 5.23. The number of aliphatic imine (C=N–C) groups is 1. The number of phenols is 2. The number of para-hydroxylation sites is 1. The summed E-state index contributed by atoms with van der Waals surface area (Å²) in [5, 5.41) is 23.3. The summed E-state index contributed by atoms with van der Waals surface area (Å²) in [4.78, 5) is 12.9. The number of guanidine groups is 1. The molecule has 2 aromatic carbocycles. The molecule has 0 saturated heterocycles. The van der Waals surface area contributed by atoms with Crippen LogP contribution in [0.1, 0.15) is 11.4 Å². The van der Waals surface area contributed by atoms with E-state index >= 15 is 0 Å². The van der Waals surface area contributed by atoms with Gasteiger partial charge in [0.2, 0.25) is 0 Å². The van der Waals surface area contributed by atoms with Crippen molar-refractivity contribution in [3.05, 3.63) is 53.9 Å². The monoisotopic (exact) mass is 323 g/mol. The van der Waals surface area contributed by atoms with Crippen LogP contribution in [0.4, 0.5) is 5.82 Å². The molecule has 1 heterocycles. The molecule has 3 rings (SSSR count). The number of fused-ring (bicyclic) bond motifs is 1. The molecule has 7 nitrogen and oxygen atoms in total. The molecule has 0 spiro atoms. The van der Waals surface area contributed by atoms with Crippen molar-refractivity contribution in [1.82, 2.24) is 9.97 Å². The number of nitrogens with zero attached hydrogens (tertiary/aromatic N) is 3. The van der Waals surface area contributed by atoms with Crippen LogP contribution in [0, 0.1) is 0 Å². The van der Waals surface area contributed by atoms with Gasteiger partial charge in [-0.2, -0.15) is 0 Å². The lowest BCUT2D eigenvalue weighted by Gasteiger charge is -2.11. The highest BCUT2D eigenvalue weighted by Gasteiger charge is 2.11. The summed E-state index contributed by atoms with van der Waals surface area (Å²) in [6, 6.07) is 11.9. The molecule has 0 atom stereocenters. The summed E-state index contributed by atoms with van der Waals surface area (Å²) in [6.07, 6.45) is 0.267. The van der Waals surface area contributed by atoms with E-state index in [0.717, 1.165) is 10.9 Å². The Bertz CT molecular complexity index is 924. The Labute approximate surface area is 138 Å². The van der Waals surface area contributed by atoms with Gasteiger partial charge in [0.25, 0.3) is 0 Å². The topological polar surface area (TPSA) is 117 Å². The van der Waals surface area contributed by atoms with E-state index in [4.69, 9.17) is 5.73 Å². The molecule has 0 aliphatic heterocycles. The van der Waals surface area contributed by atoms with Gasteiger partial charge < -0.3 is 21.3 Å². The highest BCUT2D eigenvalue weighted by atomic mass is 16.3. The minimum atomic E-state index is 0.0734. The zero-order chi connectivity index (χ0) is 17.1. The van der Waals surface area contributed by atoms with E-state index in [1.807, 2.05) is 24.3 Å². The third kappa shape index (κ3) is 3.19. The van der Waals surface area contributed by atoms with Crippen molar-refractivity contribution in [2.45, 2.75) is 6.42 Å². The van der Waals surface area contributed by atoms with Crippen LogP contribution in [0.15, 0.2) is 47.5 Å². The molecule has 0 unspecified atom stereocenters. The first-order chi connectivity index (χ1) is 11.6. The summed E-state index contributed by atoms with van der Waals surface area (Å²) in [7, 11) is 1.58. The molecule has 122 valence electrons. The summed E-state index contributed by atoms with van der Waals surface area (Å²) >= 11 is 0. The van der Waals surface area contributed by atoms with E-state index in [9.17, 15) is 10.2 Å². The van der Waals surface area contributed by atoms with Gasteiger partial charge in [-0.1, -0.05) is 12.1 Å². The molecule has 7 heteroatoms. The number of nitrogens with two attached hydrogens (primary N) is 1. The maximum atomic E-state index is 9.94. The maximum Gasteiger partial charge on any atom is 0.194 e. The lowest BCUT2D eigenvalue weighted by molar-refractivity contribution is 0.455. The summed E-state index contributed by atoms with van der Waals surface area (Å²) in [5.74, 6) is 1.42. The Kier molecular flexibility index (Phi) is 4.15. The SMILES string of the molecule is CN=C(N)Nc1nc(Cc2cc(O)ccc2O)nc2ccccc12. The van der Waals surface area contributed by atoms with Crippen molar-refractivity contribution >= 4 is 22.7 Å². The minimum Gasteiger partial charge on any atom is -0.508 e. The highest BCUT2D eigenvalue weighted by Crippen LogP contribution is 2.26. The Morgan fingerprint density at radius 2 is 1.96 bits per heavy atom. The predicted octanol–water partition coefficient (Wildman–Crippen LogP) is 1.99. The Balaban J connectivity index is 2.06. The van der Waals surface area contributed by atoms with E-state index in [-0.39, 0.29) is 23.9 Å². The molecule has 0 amide bonds. The van der Waals surface area contributed by atoms with Crippen LogP contribution in [-0.2, 0) is 6.42 Å². The zero-order valence-corrected chi connectivity index (χ0v) is 13.1. The molecule has 24 heavy (non-hydrogen) atoms. The molecule has 0 saturated carbocycles. The van der Waals surface area contributed by atoms with Crippen molar-refractivity contribution in [2.24, 2.45) is 10.7 Å². The molecule has 1 aromatic heterocycles. The number of phenolic OH excluding ortho intramolecular Hbond substituents is 2. The van der Waals surface area contributed by atoms with Gasteiger partial charge >= 0.3 is 0 Å². The van der Waals surface area contributed by atoms with E-state index in [2.05, 4.69) is 20.3 Å². The second-order valence-corrected chi connectivity index (χ2v) is 5.23. The van der Waals surface area contributed by atoms with E-state index in [1.165, 1.54) is 18.2 Å². The number of anilines is 1. The molecule has 0 bridgehead atoms. The lowest BCUT2D eigenvalue weighted by Crippen LogP contribution is -2.23. The average molecular weight is 323 g/mol. The molecule has 3 aromatic rings. The van der Waals surface area contributed by atoms with Crippen LogP contribution in [0.3, 0.4) is 0 Å². The molecule has 0 aliphatic carbocycles. The van der Waals surface area contributed by atoms with E-state index in [1.54, 1.807) is 7.05 Å². The first-order valence-corrected chi connectivity index (χ1v) is 7.32. The molecular formula is C17H17N5O2. The van der Waals surface area contributed by atoms with Gasteiger partial charge in [-0.15, -0.1) is 0 Å². The maximum absolute atomic E-state index is 9.94. The Morgan fingerprint density at radius 1 is 1.17 bits per heavy atom. The highest BCUT2D eigenvalue weighted by molar-refractivity contribution is 5.99. The lowest BCUT2D eigenvalue weighted by atomic mass is 10.1. The number of hydrogen-bond donors (Lipinski definition) is 4. The standard InChI is InChI=1S/C17H17N5O2/c1-19-17(18)22-16-12-4-2-3-5-13(12)20-15(21-16)9-10-8-11(23)6-7-14(10)24/h2-8,23-24H,9H2,1H3,(H3,18,19,20,21,22). The normalized spacial score (nSPS) is 11.6. The number of rotatable bonds is 3. The molecule has 5 N–H and O–H groups in total. The molecule has 0 aliphatic rings.